The van der Waals surface area contributed by atoms with E-state index in [0.717, 1.165) is 27.8 Å². The van der Waals surface area contributed by atoms with Gasteiger partial charge in [0.15, 0.2) is 5.41 Å². The molecule has 0 fully saturated rings. The Morgan fingerprint density at radius 2 is 1.25 bits per heavy atom. The smallest absolute Gasteiger partial charge is 0.179 e. The van der Waals surface area contributed by atoms with Gasteiger partial charge in [-0.25, -0.2) is 0 Å². The largest absolute Gasteiger partial charge is 0.196 e. The fraction of sp³-hybridized carbons (Fsp3) is 0.312. The minimum atomic E-state index is -1.27. The van der Waals surface area contributed by atoms with Crippen molar-refractivity contribution in [3.63, 3.8) is 0 Å². The van der Waals surface area contributed by atoms with Gasteiger partial charge in [-0.2, -0.15) is 10.5 Å². The number of hydrogen-bond acceptors (Lipinski definition) is 4. The molecular formula is C32H32N2S2. The molecule has 0 saturated carbocycles. The molecule has 0 aromatic heterocycles. The average molecular weight is 509 g/mol. The molecule has 0 spiro atoms. The van der Waals surface area contributed by atoms with Crippen LogP contribution in [0.1, 0.15) is 52.7 Å². The fourth-order valence-electron chi connectivity index (χ4n) is 4.57. The average Bonchev–Trinajstić information content (AvgIpc) is 2.94. The molecule has 0 bridgehead atoms. The van der Waals surface area contributed by atoms with Crippen molar-refractivity contribution in [3.05, 3.63) is 95.6 Å². The molecule has 1 atom stereocenters. The molecule has 0 aliphatic heterocycles. The number of benzene rings is 2. The number of hydrogen-bond donors (Lipinski definition) is 0. The minimum Gasteiger partial charge on any atom is -0.196 e. The summed E-state index contributed by atoms with van der Waals surface area (Å²) >= 11 is 3.65. The molecule has 2 aromatic rings. The van der Waals surface area contributed by atoms with E-state index >= 15 is 0 Å². The molecule has 4 heteroatoms. The van der Waals surface area contributed by atoms with Crippen molar-refractivity contribution >= 4 is 34.7 Å². The quantitative estimate of drug-likeness (QED) is 0.386. The maximum atomic E-state index is 10.4. The van der Waals surface area contributed by atoms with Crippen LogP contribution in [0.2, 0.25) is 0 Å². The Kier molecular flexibility index (Phi) is 7.16. The van der Waals surface area contributed by atoms with Crippen LogP contribution in [0.4, 0.5) is 0 Å². The van der Waals surface area contributed by atoms with Crippen LogP contribution in [0.15, 0.2) is 94.3 Å². The summed E-state index contributed by atoms with van der Waals surface area (Å²) in [6.07, 6.45) is 10.3. The highest BCUT2D eigenvalue weighted by atomic mass is 32.2. The van der Waals surface area contributed by atoms with E-state index in [1.165, 1.54) is 9.79 Å². The first-order chi connectivity index (χ1) is 16.9. The number of allylic oxidation sites excluding steroid dienone is 8. The Hall–Kier alpha value is -2.92. The van der Waals surface area contributed by atoms with Crippen molar-refractivity contribution in [1.29, 1.82) is 10.5 Å². The van der Waals surface area contributed by atoms with Crippen LogP contribution in [-0.4, -0.2) is 9.49 Å². The maximum absolute atomic E-state index is 10.4. The van der Waals surface area contributed by atoms with Crippen LogP contribution in [0.3, 0.4) is 0 Å². The van der Waals surface area contributed by atoms with Gasteiger partial charge >= 0.3 is 0 Å². The SMILES string of the molecule is CC(C)(C)Sc1ccc(C2=CC3C(=CC=C2)C=C(c2ccc(SC(C)(C)C)cc2)C3(C#N)C#N)cc1. The number of thioether (sulfide) groups is 2. The molecule has 2 aliphatic rings. The van der Waals surface area contributed by atoms with Gasteiger partial charge in [0.05, 0.1) is 12.1 Å². The lowest BCUT2D eigenvalue weighted by molar-refractivity contribution is 0.579. The van der Waals surface area contributed by atoms with Crippen LogP contribution in [-0.2, 0) is 0 Å². The third kappa shape index (κ3) is 5.57. The van der Waals surface area contributed by atoms with E-state index < -0.39 is 5.41 Å². The van der Waals surface area contributed by atoms with E-state index in [-0.39, 0.29) is 15.4 Å². The van der Waals surface area contributed by atoms with E-state index in [1.807, 2.05) is 42.1 Å². The van der Waals surface area contributed by atoms with Gasteiger partial charge in [0.2, 0.25) is 0 Å². The second kappa shape index (κ2) is 9.85. The summed E-state index contributed by atoms with van der Waals surface area (Å²) in [6.45, 7) is 13.2. The van der Waals surface area contributed by atoms with Crippen LogP contribution in [0, 0.1) is 34.0 Å². The van der Waals surface area contributed by atoms with E-state index in [1.54, 1.807) is 11.8 Å². The minimum absolute atomic E-state index is 0.117. The molecule has 2 aliphatic carbocycles. The summed E-state index contributed by atoms with van der Waals surface area (Å²) in [7, 11) is 0. The molecule has 36 heavy (non-hydrogen) atoms. The van der Waals surface area contributed by atoms with Gasteiger partial charge in [-0.1, -0.05) is 96.2 Å². The van der Waals surface area contributed by atoms with Crippen LogP contribution >= 0.6 is 23.5 Å². The predicted octanol–water partition coefficient (Wildman–Crippen LogP) is 9.09. The molecule has 0 radical (unpaired) electrons. The Balaban J connectivity index is 1.69. The highest BCUT2D eigenvalue weighted by Gasteiger charge is 2.49. The van der Waals surface area contributed by atoms with Gasteiger partial charge in [0.1, 0.15) is 0 Å². The lowest BCUT2D eigenvalue weighted by Gasteiger charge is -2.24. The molecule has 0 saturated heterocycles. The van der Waals surface area contributed by atoms with Gasteiger partial charge in [-0.3, -0.25) is 0 Å². The Morgan fingerprint density at radius 3 is 1.72 bits per heavy atom. The van der Waals surface area contributed by atoms with Crippen molar-refractivity contribution in [2.24, 2.45) is 11.3 Å². The molecule has 4 rings (SSSR count). The summed E-state index contributed by atoms with van der Waals surface area (Å²) in [5.41, 5.74) is 3.53. The van der Waals surface area contributed by atoms with Gasteiger partial charge in [0, 0.05) is 25.2 Å². The van der Waals surface area contributed by atoms with E-state index in [9.17, 15) is 10.5 Å². The Bertz CT molecular complexity index is 1330. The molecule has 2 aromatic carbocycles. The second-order valence-corrected chi connectivity index (χ2v) is 15.0. The number of nitrogens with zero attached hydrogens (tertiary/aromatic N) is 2. The van der Waals surface area contributed by atoms with E-state index in [4.69, 9.17) is 0 Å². The van der Waals surface area contributed by atoms with Gasteiger partial charge in [-0.05, 0) is 52.1 Å². The third-order valence-electron chi connectivity index (χ3n) is 6.03. The van der Waals surface area contributed by atoms with Crippen LogP contribution in [0.25, 0.3) is 11.1 Å². The van der Waals surface area contributed by atoms with E-state index in [0.29, 0.717) is 0 Å². The van der Waals surface area contributed by atoms with Gasteiger partial charge < -0.3 is 0 Å². The van der Waals surface area contributed by atoms with Gasteiger partial charge in [-0.15, -0.1) is 23.5 Å². The highest BCUT2D eigenvalue weighted by Crippen LogP contribution is 2.53. The molecule has 0 amide bonds. The molecule has 2 nitrogen and oxygen atoms in total. The second-order valence-electron chi connectivity index (χ2n) is 11.2. The first-order valence-electron chi connectivity index (χ1n) is 12.2. The number of nitriles is 2. The van der Waals surface area contributed by atoms with Crippen LogP contribution < -0.4 is 0 Å². The normalized spacial score (nSPS) is 18.8. The summed E-state index contributed by atoms with van der Waals surface area (Å²) in [6, 6.07) is 21.6. The zero-order chi connectivity index (χ0) is 26.1. The monoisotopic (exact) mass is 508 g/mol. The predicted molar refractivity (Wildman–Crippen MR) is 154 cm³/mol. The molecule has 0 heterocycles. The molecule has 182 valence electrons. The zero-order valence-corrected chi connectivity index (χ0v) is 23.4. The summed E-state index contributed by atoms with van der Waals surface area (Å²) < 4.78 is 0.267. The maximum Gasteiger partial charge on any atom is 0.179 e. The first-order valence-corrected chi connectivity index (χ1v) is 13.8. The summed E-state index contributed by atoms with van der Waals surface area (Å²) in [5.74, 6) is -0.334. The Morgan fingerprint density at radius 1 is 0.750 bits per heavy atom. The Labute approximate surface area is 224 Å². The van der Waals surface area contributed by atoms with Crippen molar-refractivity contribution in [2.75, 3.05) is 0 Å². The molecule has 1 unspecified atom stereocenters. The van der Waals surface area contributed by atoms with Crippen molar-refractivity contribution in [1.82, 2.24) is 0 Å². The third-order valence-corrected chi connectivity index (χ3v) is 8.27. The van der Waals surface area contributed by atoms with Gasteiger partial charge in [0.25, 0.3) is 0 Å². The summed E-state index contributed by atoms with van der Waals surface area (Å²) in [5, 5.41) is 20.8. The lowest BCUT2D eigenvalue weighted by atomic mass is 9.72. The number of fused-ring (bicyclic) bond motifs is 1. The standard InChI is InChI=1S/C32H32N2S2/c1-30(2,3)35-26-14-10-22(11-15-26)24-8-7-9-25-19-28(32(20-33,21-34)29(25)18-24)23-12-16-27(17-13-23)36-31(4,5)6/h7-19,29H,1-6H3. The highest BCUT2D eigenvalue weighted by molar-refractivity contribution is 8.00. The number of rotatable bonds is 4. The lowest BCUT2D eigenvalue weighted by Crippen LogP contribution is -2.24. The molecular weight excluding hydrogens is 477 g/mol. The van der Waals surface area contributed by atoms with Crippen molar-refractivity contribution in [2.45, 2.75) is 60.8 Å². The van der Waals surface area contributed by atoms with Crippen molar-refractivity contribution in [3.8, 4) is 12.1 Å². The fourth-order valence-corrected chi connectivity index (χ4v) is 6.53. The van der Waals surface area contributed by atoms with Crippen LogP contribution in [0.5, 0.6) is 0 Å². The first kappa shape index (κ1) is 26.2. The molecule has 0 N–H and O–H groups in total. The summed E-state index contributed by atoms with van der Waals surface area (Å²) in [4.78, 5) is 2.40. The zero-order valence-electron chi connectivity index (χ0n) is 21.8. The topological polar surface area (TPSA) is 47.6 Å². The van der Waals surface area contributed by atoms with E-state index in [2.05, 4.69) is 102 Å². The van der Waals surface area contributed by atoms with Crippen molar-refractivity contribution < 1.29 is 0 Å².